The topological polar surface area (TPSA) is 260 Å². The highest BCUT2D eigenvalue weighted by molar-refractivity contribution is 6.36. The first kappa shape index (κ1) is 32.0. The molecule has 2 unspecified atom stereocenters. The van der Waals surface area contributed by atoms with Crippen LogP contribution in [0.3, 0.4) is 0 Å². The predicted octanol–water partition coefficient (Wildman–Crippen LogP) is 2.72. The Morgan fingerprint density at radius 2 is 1.76 bits per heavy atom. The predicted molar refractivity (Wildman–Crippen MR) is 155 cm³/mol. The lowest BCUT2D eigenvalue weighted by molar-refractivity contribution is -0.782. The lowest BCUT2D eigenvalue weighted by Crippen LogP contribution is -2.54. The number of rotatable bonds is 5. The second-order valence-corrected chi connectivity index (χ2v) is 11.2. The van der Waals surface area contributed by atoms with Gasteiger partial charge >= 0.3 is 22.9 Å². The van der Waals surface area contributed by atoms with Crippen molar-refractivity contribution in [1.29, 1.82) is 0 Å². The van der Waals surface area contributed by atoms with Crippen molar-refractivity contribution in [2.45, 2.75) is 44.8 Å². The van der Waals surface area contributed by atoms with E-state index in [1.165, 1.54) is 4.57 Å². The number of hydrogen-bond acceptors (Lipinski definition) is 13. The molecule has 2 aromatic carbocycles. The van der Waals surface area contributed by atoms with Gasteiger partial charge in [-0.2, -0.15) is 0 Å². The largest absolute Gasteiger partial charge is 0.499 e. The maximum atomic E-state index is 15.6. The number of aromatic nitrogens is 3. The minimum atomic E-state index is -1.45. The Kier molecular flexibility index (Phi) is 8.03. The van der Waals surface area contributed by atoms with E-state index in [-0.39, 0.29) is 34.2 Å². The molecule has 2 atom stereocenters. The number of nitro benzene ring substituents is 2. The summed E-state index contributed by atoms with van der Waals surface area (Å²) in [6.45, 7) is 4.60. The summed E-state index contributed by atoms with van der Waals surface area (Å²) in [6, 6.07) is -0.103. The number of hydrogen-bond donors (Lipinski definition) is 4. The van der Waals surface area contributed by atoms with Crippen LogP contribution in [-0.4, -0.2) is 60.9 Å². The smallest absolute Gasteiger partial charge is 0.352 e. The highest BCUT2D eigenvalue weighted by Crippen LogP contribution is 2.46. The number of piperazine rings is 1. The van der Waals surface area contributed by atoms with Crippen LogP contribution in [-0.2, 0) is 0 Å². The van der Waals surface area contributed by atoms with Gasteiger partial charge in [-0.15, -0.1) is 0 Å². The number of phenolic OH excluding ortho intramolecular Hbond substituents is 1. The van der Waals surface area contributed by atoms with Gasteiger partial charge in [0.15, 0.2) is 11.6 Å². The zero-order valence-electron chi connectivity index (χ0n) is 23.7. The van der Waals surface area contributed by atoms with E-state index in [1.54, 1.807) is 4.90 Å². The van der Waals surface area contributed by atoms with Crippen LogP contribution < -0.4 is 26.3 Å². The van der Waals surface area contributed by atoms with Gasteiger partial charge in [0.1, 0.15) is 11.3 Å². The number of carboxylic acids is 1. The maximum absolute atomic E-state index is 15.6. The zero-order valence-corrected chi connectivity index (χ0v) is 24.4. The Hall–Kier alpha value is -5.37. The fourth-order valence-electron chi connectivity index (χ4n) is 5.50. The molecule has 0 spiro atoms. The average Bonchev–Trinajstić information content (AvgIpc) is 3.72. The van der Waals surface area contributed by atoms with Crippen molar-refractivity contribution in [2.24, 2.45) is 0 Å². The summed E-state index contributed by atoms with van der Waals surface area (Å²) in [5, 5.41) is 56.4. The first-order valence-electron chi connectivity index (χ1n) is 13.4. The molecule has 6 rings (SSSR count). The SMILES string of the molecule is CC1CN(c2c(F)c(N)c3c(=O)c(C(=O)O)cn(C4CC4)c3c2F)CC(C)N1.O=[N+]([O-])c1c(Cl)c([N+](=O)[O-])c2no[n+]([O-])c2c1O. The summed E-state index contributed by atoms with van der Waals surface area (Å²) in [7, 11) is 0. The first-order chi connectivity index (χ1) is 21.6. The monoisotopic (exact) mass is 668 g/mol. The number of nitrogens with two attached hydrogens (primary N) is 1. The number of nitrogens with zero attached hydrogens (tertiary/aromatic N) is 6. The quantitative estimate of drug-likeness (QED) is 0.103. The van der Waals surface area contributed by atoms with Crippen LogP contribution in [0.25, 0.3) is 21.9 Å². The van der Waals surface area contributed by atoms with Gasteiger partial charge in [-0.1, -0.05) is 11.6 Å². The molecule has 5 N–H and O–H groups in total. The van der Waals surface area contributed by atoms with Crippen molar-refractivity contribution >= 4 is 62.3 Å². The number of nitrogen functional groups attached to an aromatic ring is 1. The average molecular weight is 669 g/mol. The number of halogens is 3. The Balaban J connectivity index is 0.000000200. The van der Waals surface area contributed by atoms with Crippen molar-refractivity contribution in [2.75, 3.05) is 23.7 Å². The molecule has 2 aromatic heterocycles. The third kappa shape index (κ3) is 5.19. The first-order valence-corrected chi connectivity index (χ1v) is 13.8. The summed E-state index contributed by atoms with van der Waals surface area (Å²) >= 11 is 5.46. The van der Waals surface area contributed by atoms with Gasteiger partial charge in [0.05, 0.1) is 31.6 Å². The van der Waals surface area contributed by atoms with Crippen LogP contribution in [0.1, 0.15) is 43.1 Å². The molecule has 46 heavy (non-hydrogen) atoms. The van der Waals surface area contributed by atoms with Crippen molar-refractivity contribution in [1.82, 2.24) is 15.0 Å². The highest BCUT2D eigenvalue weighted by atomic mass is 35.5. The number of aromatic carboxylic acids is 1. The van der Waals surface area contributed by atoms with E-state index in [9.17, 15) is 45.2 Å². The summed E-state index contributed by atoms with van der Waals surface area (Å²) < 4.78 is 36.3. The van der Waals surface area contributed by atoms with E-state index in [1.807, 2.05) is 13.8 Å². The summed E-state index contributed by atoms with van der Waals surface area (Å²) in [4.78, 5) is 44.5. The normalized spacial score (nSPS) is 18.0. The molecular weight excluding hydrogens is 646 g/mol. The fourth-order valence-corrected chi connectivity index (χ4v) is 5.82. The minimum Gasteiger partial charge on any atom is -0.499 e. The number of anilines is 2. The molecule has 244 valence electrons. The fraction of sp³-hybridized carbons (Fsp3) is 0.360. The Bertz CT molecular complexity index is 2020. The molecular formula is C25H23ClF2N8O10. The molecule has 1 saturated carbocycles. The number of nitrogens with one attached hydrogen (secondary N) is 1. The molecule has 0 bridgehead atoms. The highest BCUT2D eigenvalue weighted by Gasteiger charge is 2.40. The third-order valence-electron chi connectivity index (χ3n) is 7.48. The second-order valence-electron chi connectivity index (χ2n) is 10.8. The van der Waals surface area contributed by atoms with Crippen LogP contribution in [0.2, 0.25) is 5.02 Å². The van der Waals surface area contributed by atoms with E-state index in [0.29, 0.717) is 13.1 Å². The van der Waals surface area contributed by atoms with Gasteiger partial charge in [0.2, 0.25) is 10.5 Å². The molecule has 2 aliphatic rings. The van der Waals surface area contributed by atoms with Gasteiger partial charge < -0.3 is 35.9 Å². The van der Waals surface area contributed by atoms with Gasteiger partial charge in [0.25, 0.3) is 11.3 Å². The van der Waals surface area contributed by atoms with Crippen molar-refractivity contribution in [3.05, 3.63) is 64.1 Å². The summed E-state index contributed by atoms with van der Waals surface area (Å²) in [5.41, 5.74) is -0.132. The van der Waals surface area contributed by atoms with Crippen molar-refractivity contribution in [3.8, 4) is 5.75 Å². The molecule has 1 aliphatic heterocycles. The van der Waals surface area contributed by atoms with E-state index in [4.69, 9.17) is 17.3 Å². The van der Waals surface area contributed by atoms with Crippen LogP contribution in [0.15, 0.2) is 15.6 Å². The number of fused-ring (bicyclic) bond motifs is 2. The number of pyridine rings is 1. The van der Waals surface area contributed by atoms with Crippen LogP contribution in [0, 0.1) is 37.1 Å². The van der Waals surface area contributed by atoms with Gasteiger partial charge in [-0.25, -0.2) is 13.6 Å². The van der Waals surface area contributed by atoms with Gasteiger partial charge in [-0.05, 0) is 31.6 Å². The number of carbonyl (C=O) groups is 1. The standard InChI is InChI=1S/C19H22F2N4O3.C6HClN4O7/c1-8-5-24(6-9(2)23-8)17-13(20)15(22)12-16(14(17)21)25(10-3-4-10)7-11(18(12)26)19(27)28;7-1-3(9(13)14)2-5(11(17)18-8-2)6(12)4(1)10(15)16/h7-10,23H,3-6,22H2,1-2H3,(H,27,28);12H. The molecule has 1 aliphatic carbocycles. The molecule has 3 heterocycles. The molecule has 0 radical (unpaired) electrons. The maximum Gasteiger partial charge on any atom is 0.352 e. The van der Waals surface area contributed by atoms with E-state index < -0.39 is 82.7 Å². The summed E-state index contributed by atoms with van der Waals surface area (Å²) in [6.07, 6.45) is 2.60. The lowest BCUT2D eigenvalue weighted by atomic mass is 10.0. The van der Waals surface area contributed by atoms with Crippen LogP contribution in [0.5, 0.6) is 5.75 Å². The Labute approximate surface area is 259 Å². The van der Waals surface area contributed by atoms with Crippen molar-refractivity contribution < 1.29 is 43.2 Å². The molecule has 0 amide bonds. The number of benzene rings is 2. The lowest BCUT2D eigenvalue weighted by Gasteiger charge is -2.38. The van der Waals surface area contributed by atoms with E-state index in [0.717, 1.165) is 19.0 Å². The zero-order chi connectivity index (χ0) is 33.9. The Morgan fingerprint density at radius 1 is 1.17 bits per heavy atom. The molecule has 2 fully saturated rings. The second kappa shape index (κ2) is 11.5. The minimum absolute atomic E-state index is 0.0134. The van der Waals surface area contributed by atoms with E-state index in [2.05, 4.69) is 15.1 Å². The number of nitro groups is 2. The molecule has 1 saturated heterocycles. The number of carboxylic acid groups (broad SMARTS) is 1. The number of phenols is 1. The van der Waals surface area contributed by atoms with Crippen LogP contribution in [0.4, 0.5) is 31.5 Å². The summed E-state index contributed by atoms with van der Waals surface area (Å²) in [5.74, 6) is -4.49. The third-order valence-corrected chi connectivity index (χ3v) is 7.83. The van der Waals surface area contributed by atoms with Gasteiger partial charge in [-0.3, -0.25) is 29.7 Å². The molecule has 4 aromatic rings. The van der Waals surface area contributed by atoms with E-state index >= 15 is 8.78 Å². The molecule has 18 nitrogen and oxygen atoms in total. The van der Waals surface area contributed by atoms with Crippen molar-refractivity contribution in [3.63, 3.8) is 0 Å². The molecule has 21 heteroatoms. The van der Waals surface area contributed by atoms with Gasteiger partial charge in [0, 0.05) is 37.4 Å². The number of aromatic hydroxyl groups is 1. The van der Waals surface area contributed by atoms with Crippen LogP contribution >= 0.6 is 11.6 Å². The Morgan fingerprint density at radius 3 is 2.28 bits per heavy atom.